The molecular weight excluding hydrogens is 194 g/mol. The summed E-state index contributed by atoms with van der Waals surface area (Å²) in [4.78, 5) is 0. The largest absolute Gasteiger partial charge is 0.405 e. The van der Waals surface area contributed by atoms with Crippen LogP contribution in [-0.2, 0) is 0 Å². The number of hydrogen-bond donors (Lipinski definition) is 1. The second kappa shape index (κ2) is 3.65. The maximum atomic E-state index is 5.57. The Morgan fingerprint density at radius 2 is 1.81 bits per heavy atom. The zero-order chi connectivity index (χ0) is 11.1. The third-order valence-corrected chi connectivity index (χ3v) is 4.51. The number of allylic oxidation sites excluding steroid dienone is 1. The summed E-state index contributed by atoms with van der Waals surface area (Å²) in [6.07, 6.45) is 6.56. The summed E-state index contributed by atoms with van der Waals surface area (Å²) in [5, 5.41) is 0. The maximum absolute atomic E-state index is 5.57. The zero-order valence-electron chi connectivity index (χ0n) is 9.77. The summed E-state index contributed by atoms with van der Waals surface area (Å²) in [7, 11) is 0. The smallest absolute Gasteiger partial charge is 0.00925 e. The molecule has 0 amide bonds. The number of nitrogens with two attached hydrogens (primary N) is 1. The normalized spacial score (nSPS) is 36.6. The topological polar surface area (TPSA) is 26.0 Å². The van der Waals surface area contributed by atoms with Crippen LogP contribution in [-0.4, -0.2) is 0 Å². The third kappa shape index (κ3) is 1.31. The Labute approximate surface area is 97.4 Å². The predicted molar refractivity (Wildman–Crippen MR) is 67.1 cm³/mol. The van der Waals surface area contributed by atoms with Crippen molar-refractivity contribution in [2.24, 2.45) is 17.6 Å². The first-order valence-electron chi connectivity index (χ1n) is 6.28. The molecule has 1 aromatic rings. The summed E-state index contributed by atoms with van der Waals surface area (Å²) in [6.45, 7) is 2.40. The van der Waals surface area contributed by atoms with E-state index in [2.05, 4.69) is 37.3 Å². The molecule has 0 aromatic heterocycles. The Morgan fingerprint density at radius 1 is 1.12 bits per heavy atom. The molecule has 1 heteroatoms. The first kappa shape index (κ1) is 9.95. The fourth-order valence-electron chi connectivity index (χ4n) is 3.76. The standard InChI is InChI=1S/C15H19N/c1-10-8-15-11(6-7-16)9-14(10)12-4-2-3-5-13(12)15/h2-7,10-11,14-15H,8-9,16H2,1H3/b7-6+. The lowest BCUT2D eigenvalue weighted by Crippen LogP contribution is -2.34. The zero-order valence-corrected chi connectivity index (χ0v) is 9.77. The van der Waals surface area contributed by atoms with Gasteiger partial charge in [-0.25, -0.2) is 0 Å². The molecule has 1 nitrogen and oxygen atoms in total. The highest BCUT2D eigenvalue weighted by Gasteiger charge is 2.41. The Bertz CT molecular complexity index is 421. The number of benzene rings is 1. The molecule has 0 saturated heterocycles. The fourth-order valence-corrected chi connectivity index (χ4v) is 3.76. The predicted octanol–water partition coefficient (Wildman–Crippen LogP) is 3.39. The Kier molecular flexibility index (Phi) is 2.27. The minimum atomic E-state index is 0.668. The monoisotopic (exact) mass is 213 g/mol. The van der Waals surface area contributed by atoms with Crippen LogP contribution in [0, 0.1) is 11.8 Å². The molecule has 3 aliphatic rings. The lowest BCUT2D eigenvalue weighted by molar-refractivity contribution is 0.219. The number of rotatable bonds is 1. The van der Waals surface area contributed by atoms with Crippen molar-refractivity contribution >= 4 is 0 Å². The molecule has 16 heavy (non-hydrogen) atoms. The molecule has 1 aromatic carbocycles. The van der Waals surface area contributed by atoms with Gasteiger partial charge in [0.05, 0.1) is 0 Å². The molecule has 4 unspecified atom stereocenters. The van der Waals surface area contributed by atoms with Crippen LogP contribution in [0.25, 0.3) is 0 Å². The molecule has 0 aliphatic heterocycles. The van der Waals surface area contributed by atoms with Crippen molar-refractivity contribution in [2.75, 3.05) is 0 Å². The Balaban J connectivity index is 2.07. The van der Waals surface area contributed by atoms with Crippen molar-refractivity contribution in [3.05, 3.63) is 47.7 Å². The average molecular weight is 213 g/mol. The van der Waals surface area contributed by atoms with E-state index in [-0.39, 0.29) is 0 Å². The summed E-state index contributed by atoms with van der Waals surface area (Å²) >= 11 is 0. The van der Waals surface area contributed by atoms with E-state index in [1.165, 1.54) is 12.8 Å². The summed E-state index contributed by atoms with van der Waals surface area (Å²) in [6, 6.07) is 8.99. The van der Waals surface area contributed by atoms with Crippen molar-refractivity contribution in [3.63, 3.8) is 0 Å². The van der Waals surface area contributed by atoms with E-state index >= 15 is 0 Å². The molecular formula is C15H19N. The van der Waals surface area contributed by atoms with Crippen molar-refractivity contribution in [2.45, 2.75) is 31.6 Å². The molecule has 4 rings (SSSR count). The molecule has 0 radical (unpaired) electrons. The van der Waals surface area contributed by atoms with E-state index in [0.717, 1.165) is 11.8 Å². The minimum Gasteiger partial charge on any atom is -0.405 e. The van der Waals surface area contributed by atoms with Gasteiger partial charge in [-0.2, -0.15) is 0 Å². The van der Waals surface area contributed by atoms with Gasteiger partial charge in [0.1, 0.15) is 0 Å². The van der Waals surface area contributed by atoms with Crippen LogP contribution in [0.1, 0.15) is 42.7 Å². The van der Waals surface area contributed by atoms with Gasteiger partial charge in [-0.1, -0.05) is 37.3 Å². The minimum absolute atomic E-state index is 0.668. The number of fused-ring (bicyclic) bond motifs is 2. The second-order valence-corrected chi connectivity index (χ2v) is 5.34. The lowest BCUT2D eigenvalue weighted by atomic mass is 9.58. The van der Waals surface area contributed by atoms with Crippen molar-refractivity contribution in [1.29, 1.82) is 0 Å². The van der Waals surface area contributed by atoms with Crippen LogP contribution in [0.15, 0.2) is 36.5 Å². The van der Waals surface area contributed by atoms with Crippen molar-refractivity contribution in [3.8, 4) is 0 Å². The SMILES string of the molecule is CC1CC2c3ccccc3C1CC2/C=C/N. The highest BCUT2D eigenvalue weighted by molar-refractivity contribution is 5.40. The summed E-state index contributed by atoms with van der Waals surface area (Å²) < 4.78 is 0. The van der Waals surface area contributed by atoms with E-state index in [1.807, 2.05) is 0 Å². The van der Waals surface area contributed by atoms with Gasteiger partial charge in [0.25, 0.3) is 0 Å². The Morgan fingerprint density at radius 3 is 2.50 bits per heavy atom. The molecule has 0 heterocycles. The van der Waals surface area contributed by atoms with E-state index in [1.54, 1.807) is 17.3 Å². The lowest BCUT2D eigenvalue weighted by Gasteiger charge is -2.46. The Hall–Kier alpha value is -1.24. The molecule has 1 fully saturated rings. The van der Waals surface area contributed by atoms with Gasteiger partial charge in [0.2, 0.25) is 0 Å². The average Bonchev–Trinajstić information content (AvgIpc) is 2.31. The number of hydrogen-bond acceptors (Lipinski definition) is 1. The highest BCUT2D eigenvalue weighted by Crippen LogP contribution is 2.55. The molecule has 3 aliphatic carbocycles. The van der Waals surface area contributed by atoms with E-state index in [4.69, 9.17) is 5.73 Å². The highest BCUT2D eigenvalue weighted by atomic mass is 14.5. The quantitative estimate of drug-likeness (QED) is 0.760. The third-order valence-electron chi connectivity index (χ3n) is 4.51. The van der Waals surface area contributed by atoms with Crippen molar-refractivity contribution < 1.29 is 0 Å². The van der Waals surface area contributed by atoms with Crippen LogP contribution in [0.3, 0.4) is 0 Å². The van der Waals surface area contributed by atoms with Gasteiger partial charge < -0.3 is 5.73 Å². The van der Waals surface area contributed by atoms with Gasteiger partial charge >= 0.3 is 0 Å². The van der Waals surface area contributed by atoms with Crippen LogP contribution >= 0.6 is 0 Å². The molecule has 2 bridgehead atoms. The summed E-state index contributed by atoms with van der Waals surface area (Å²) in [5.41, 5.74) is 8.75. The summed E-state index contributed by atoms with van der Waals surface area (Å²) in [5.74, 6) is 2.96. The molecule has 0 spiro atoms. The maximum Gasteiger partial charge on any atom is -0.00925 e. The molecule has 2 N–H and O–H groups in total. The fraction of sp³-hybridized carbons (Fsp3) is 0.467. The van der Waals surface area contributed by atoms with E-state index in [0.29, 0.717) is 11.8 Å². The van der Waals surface area contributed by atoms with Crippen LogP contribution in [0.2, 0.25) is 0 Å². The van der Waals surface area contributed by atoms with Gasteiger partial charge in [0.15, 0.2) is 0 Å². The van der Waals surface area contributed by atoms with E-state index < -0.39 is 0 Å². The van der Waals surface area contributed by atoms with Crippen molar-refractivity contribution in [1.82, 2.24) is 0 Å². The van der Waals surface area contributed by atoms with Crippen LogP contribution < -0.4 is 5.73 Å². The first-order chi connectivity index (χ1) is 7.81. The van der Waals surface area contributed by atoms with Gasteiger partial charge in [0, 0.05) is 0 Å². The van der Waals surface area contributed by atoms with Crippen LogP contribution in [0.5, 0.6) is 0 Å². The molecule has 4 atom stereocenters. The first-order valence-corrected chi connectivity index (χ1v) is 6.28. The molecule has 84 valence electrons. The van der Waals surface area contributed by atoms with Crippen LogP contribution in [0.4, 0.5) is 0 Å². The van der Waals surface area contributed by atoms with E-state index in [9.17, 15) is 0 Å². The van der Waals surface area contributed by atoms with Gasteiger partial charge in [-0.15, -0.1) is 0 Å². The van der Waals surface area contributed by atoms with Gasteiger partial charge in [-0.05, 0) is 53.8 Å². The second-order valence-electron chi connectivity index (χ2n) is 5.34. The molecule has 1 saturated carbocycles. The van der Waals surface area contributed by atoms with Gasteiger partial charge in [-0.3, -0.25) is 0 Å².